The molecule has 3 aromatic heterocycles. The fraction of sp³-hybridized carbons (Fsp3) is 0.455. The normalized spacial score (nSPS) is 22.4. The minimum atomic E-state index is -2.81. The SMILES string of the molecule is Cn1c(=O)n(C2CCC(O)CC2)c2nc(-n3cnc4ccc(Cl)cc43)nc(N3CC(F)(F)C3)c21. The van der Waals surface area contributed by atoms with Crippen LogP contribution in [-0.4, -0.2) is 58.9 Å². The first kappa shape index (κ1) is 21.5. The van der Waals surface area contributed by atoms with Gasteiger partial charge in [-0.2, -0.15) is 9.97 Å². The molecule has 1 aliphatic heterocycles. The summed E-state index contributed by atoms with van der Waals surface area (Å²) in [5, 5.41) is 10.5. The maximum absolute atomic E-state index is 13.8. The summed E-state index contributed by atoms with van der Waals surface area (Å²) in [6, 6.07) is 5.08. The molecule has 2 aliphatic rings. The molecule has 6 rings (SSSR count). The fourth-order valence-electron chi connectivity index (χ4n) is 5.01. The monoisotopic (exact) mass is 489 g/mol. The number of aromatic nitrogens is 6. The van der Waals surface area contributed by atoms with Gasteiger partial charge in [-0.3, -0.25) is 13.7 Å². The molecule has 0 amide bonds. The van der Waals surface area contributed by atoms with Crippen molar-refractivity contribution in [3.05, 3.63) is 40.0 Å². The van der Waals surface area contributed by atoms with Crippen LogP contribution < -0.4 is 10.6 Å². The van der Waals surface area contributed by atoms with Crippen LogP contribution in [0.3, 0.4) is 0 Å². The highest BCUT2D eigenvalue weighted by Crippen LogP contribution is 2.37. The highest BCUT2D eigenvalue weighted by Gasteiger charge is 2.46. The second kappa shape index (κ2) is 7.47. The number of imidazole rings is 2. The van der Waals surface area contributed by atoms with Gasteiger partial charge in [-0.05, 0) is 43.9 Å². The molecule has 0 spiro atoms. The van der Waals surface area contributed by atoms with Crippen molar-refractivity contribution in [2.75, 3.05) is 18.0 Å². The Balaban J connectivity index is 1.60. The Morgan fingerprint density at radius 1 is 1.15 bits per heavy atom. The molecule has 12 heteroatoms. The molecule has 178 valence electrons. The number of aliphatic hydroxyl groups excluding tert-OH is 1. The number of benzene rings is 1. The zero-order valence-electron chi connectivity index (χ0n) is 18.3. The first-order valence-corrected chi connectivity index (χ1v) is 11.5. The number of rotatable bonds is 3. The quantitative estimate of drug-likeness (QED) is 0.475. The second-order valence-corrected chi connectivity index (χ2v) is 9.59. The summed E-state index contributed by atoms with van der Waals surface area (Å²) >= 11 is 6.19. The molecule has 1 saturated heterocycles. The Hall–Kier alpha value is -3.05. The lowest BCUT2D eigenvalue weighted by molar-refractivity contribution is -0.0265. The summed E-state index contributed by atoms with van der Waals surface area (Å²) in [6.07, 6.45) is 3.59. The Labute approximate surface area is 197 Å². The molecule has 4 aromatic rings. The summed E-state index contributed by atoms with van der Waals surface area (Å²) in [6.45, 7) is -0.964. The minimum absolute atomic E-state index is 0.151. The lowest BCUT2D eigenvalue weighted by Crippen LogP contribution is -2.56. The first-order valence-electron chi connectivity index (χ1n) is 11.1. The predicted octanol–water partition coefficient (Wildman–Crippen LogP) is 3.05. The molecule has 9 nitrogen and oxygen atoms in total. The third-order valence-electron chi connectivity index (χ3n) is 6.79. The summed E-state index contributed by atoms with van der Waals surface area (Å²) in [4.78, 5) is 28.5. The maximum Gasteiger partial charge on any atom is 0.330 e. The van der Waals surface area contributed by atoms with E-state index in [9.17, 15) is 18.7 Å². The van der Waals surface area contributed by atoms with Gasteiger partial charge < -0.3 is 10.0 Å². The lowest BCUT2D eigenvalue weighted by Gasteiger charge is -2.39. The zero-order valence-corrected chi connectivity index (χ0v) is 19.1. The van der Waals surface area contributed by atoms with Crippen LogP contribution in [0, 0.1) is 0 Å². The first-order chi connectivity index (χ1) is 16.2. The highest BCUT2D eigenvalue weighted by molar-refractivity contribution is 6.31. The predicted molar refractivity (Wildman–Crippen MR) is 123 cm³/mol. The number of fused-ring (bicyclic) bond motifs is 2. The van der Waals surface area contributed by atoms with Crippen LogP contribution in [0.1, 0.15) is 31.7 Å². The zero-order chi connectivity index (χ0) is 23.8. The van der Waals surface area contributed by atoms with E-state index in [2.05, 4.69) is 9.97 Å². The molecule has 0 atom stereocenters. The van der Waals surface area contributed by atoms with Gasteiger partial charge in [0.15, 0.2) is 11.5 Å². The van der Waals surface area contributed by atoms with Gasteiger partial charge in [-0.15, -0.1) is 0 Å². The average Bonchev–Trinajstić information content (AvgIpc) is 3.31. The highest BCUT2D eigenvalue weighted by atomic mass is 35.5. The molecule has 1 N–H and O–H groups in total. The number of hydrogen-bond donors (Lipinski definition) is 1. The summed E-state index contributed by atoms with van der Waals surface area (Å²) < 4.78 is 32.3. The van der Waals surface area contributed by atoms with E-state index in [0.29, 0.717) is 52.9 Å². The average molecular weight is 490 g/mol. The van der Waals surface area contributed by atoms with E-state index in [1.165, 1.54) is 9.47 Å². The Morgan fingerprint density at radius 2 is 1.88 bits per heavy atom. The van der Waals surface area contributed by atoms with Crippen LogP contribution >= 0.6 is 11.6 Å². The molecule has 4 heterocycles. The number of nitrogens with zero attached hydrogens (tertiary/aromatic N) is 7. The molecule has 2 fully saturated rings. The van der Waals surface area contributed by atoms with Crippen molar-refractivity contribution >= 4 is 39.6 Å². The van der Waals surface area contributed by atoms with Gasteiger partial charge in [-0.25, -0.2) is 18.6 Å². The van der Waals surface area contributed by atoms with E-state index < -0.39 is 19.0 Å². The number of anilines is 1. The van der Waals surface area contributed by atoms with Crippen LogP contribution in [-0.2, 0) is 7.05 Å². The van der Waals surface area contributed by atoms with E-state index in [-0.39, 0.29) is 29.6 Å². The summed E-state index contributed by atoms with van der Waals surface area (Å²) in [5.74, 6) is -2.31. The second-order valence-electron chi connectivity index (χ2n) is 9.15. The van der Waals surface area contributed by atoms with Gasteiger partial charge in [0, 0.05) is 18.1 Å². The summed E-state index contributed by atoms with van der Waals surface area (Å²) in [7, 11) is 1.61. The topological polar surface area (TPSA) is 94.0 Å². The Kier molecular flexibility index (Phi) is 4.72. The molecule has 1 aliphatic carbocycles. The molecular formula is C22H22ClF2N7O2. The lowest BCUT2D eigenvalue weighted by atomic mass is 9.93. The number of aliphatic hydroxyl groups is 1. The van der Waals surface area contributed by atoms with E-state index in [0.717, 1.165) is 0 Å². The largest absolute Gasteiger partial charge is 0.393 e. The summed E-state index contributed by atoms with van der Waals surface area (Å²) in [5.41, 5.74) is 1.86. The van der Waals surface area contributed by atoms with Crippen molar-refractivity contribution in [2.24, 2.45) is 7.05 Å². The third-order valence-corrected chi connectivity index (χ3v) is 7.03. The molecule has 34 heavy (non-hydrogen) atoms. The van der Waals surface area contributed by atoms with Crippen molar-refractivity contribution < 1.29 is 13.9 Å². The molecule has 0 bridgehead atoms. The number of alkyl halides is 2. The van der Waals surface area contributed by atoms with E-state index in [4.69, 9.17) is 16.6 Å². The van der Waals surface area contributed by atoms with E-state index >= 15 is 0 Å². The van der Waals surface area contributed by atoms with E-state index in [1.807, 2.05) is 0 Å². The van der Waals surface area contributed by atoms with Crippen molar-refractivity contribution in [1.29, 1.82) is 0 Å². The van der Waals surface area contributed by atoms with Gasteiger partial charge in [0.25, 0.3) is 5.92 Å². The van der Waals surface area contributed by atoms with Crippen molar-refractivity contribution in [2.45, 2.75) is 43.8 Å². The van der Waals surface area contributed by atoms with Crippen LogP contribution in [0.25, 0.3) is 28.1 Å². The van der Waals surface area contributed by atoms with Crippen molar-refractivity contribution in [3.8, 4) is 5.95 Å². The number of aryl methyl sites for hydroxylation is 1. The molecule has 0 unspecified atom stereocenters. The van der Waals surface area contributed by atoms with Crippen LogP contribution in [0.5, 0.6) is 0 Å². The Bertz CT molecular complexity index is 1480. The van der Waals surface area contributed by atoms with Crippen LogP contribution in [0.15, 0.2) is 29.3 Å². The molecular weight excluding hydrogens is 468 g/mol. The maximum atomic E-state index is 13.8. The smallest absolute Gasteiger partial charge is 0.330 e. The minimum Gasteiger partial charge on any atom is -0.393 e. The van der Waals surface area contributed by atoms with Crippen molar-refractivity contribution in [3.63, 3.8) is 0 Å². The Morgan fingerprint density at radius 3 is 2.59 bits per heavy atom. The number of halogens is 3. The van der Waals surface area contributed by atoms with E-state index in [1.54, 1.807) is 40.7 Å². The standard InChI is InChI=1S/C22H22ClF2N7O2/c1-29-17-18(30-9-22(24,25)10-30)27-20(31-11-26-15-7-2-12(23)8-16(15)31)28-19(17)32(21(29)34)13-3-5-14(33)6-4-13/h2,7-8,11,13-14,33H,3-6,9-10H2,1H3. The van der Waals surface area contributed by atoms with Crippen LogP contribution in [0.4, 0.5) is 14.6 Å². The van der Waals surface area contributed by atoms with Gasteiger partial charge >= 0.3 is 5.69 Å². The number of hydrogen-bond acceptors (Lipinski definition) is 6. The van der Waals surface area contributed by atoms with Gasteiger partial charge in [0.2, 0.25) is 5.95 Å². The molecule has 1 saturated carbocycles. The fourth-order valence-corrected chi connectivity index (χ4v) is 5.18. The van der Waals surface area contributed by atoms with Crippen molar-refractivity contribution in [1.82, 2.24) is 28.7 Å². The van der Waals surface area contributed by atoms with Gasteiger partial charge in [-0.1, -0.05) is 11.6 Å². The third kappa shape index (κ3) is 3.29. The molecule has 0 radical (unpaired) electrons. The molecule has 1 aromatic carbocycles. The van der Waals surface area contributed by atoms with Gasteiger partial charge in [0.05, 0.1) is 30.2 Å². The van der Waals surface area contributed by atoms with Gasteiger partial charge in [0.1, 0.15) is 11.8 Å². The van der Waals surface area contributed by atoms with Crippen LogP contribution in [0.2, 0.25) is 5.02 Å².